The standard InChI is InChI=1S/C14H18BrN3O/c1-2-7-19-13-4-3-12(15)8-11(13)9-16-10-14-17-5-6-18-14/h3-6,8,16H,2,7,9-10H2,1H3,(H,17,18). The van der Waals surface area contributed by atoms with E-state index in [1.54, 1.807) is 6.20 Å². The highest BCUT2D eigenvalue weighted by molar-refractivity contribution is 9.10. The molecule has 0 radical (unpaired) electrons. The summed E-state index contributed by atoms with van der Waals surface area (Å²) in [6, 6.07) is 6.09. The summed E-state index contributed by atoms with van der Waals surface area (Å²) in [6.45, 7) is 4.31. The molecule has 19 heavy (non-hydrogen) atoms. The molecule has 0 aliphatic rings. The number of halogens is 1. The van der Waals surface area contributed by atoms with Gasteiger partial charge < -0.3 is 15.0 Å². The first-order valence-corrected chi connectivity index (χ1v) is 7.19. The Hall–Kier alpha value is -1.33. The molecule has 1 aromatic heterocycles. The first-order valence-electron chi connectivity index (χ1n) is 6.39. The number of ether oxygens (including phenoxy) is 1. The minimum atomic E-state index is 0.715. The van der Waals surface area contributed by atoms with Gasteiger partial charge in [0, 0.05) is 29.0 Å². The van der Waals surface area contributed by atoms with Crippen molar-refractivity contribution < 1.29 is 4.74 Å². The van der Waals surface area contributed by atoms with E-state index in [2.05, 4.69) is 44.2 Å². The zero-order chi connectivity index (χ0) is 13.5. The average Bonchev–Trinajstić information content (AvgIpc) is 2.91. The van der Waals surface area contributed by atoms with Gasteiger partial charge in [-0.05, 0) is 24.6 Å². The fourth-order valence-electron chi connectivity index (χ4n) is 1.75. The molecule has 0 saturated carbocycles. The Balaban J connectivity index is 1.95. The second-order valence-electron chi connectivity index (χ2n) is 4.24. The van der Waals surface area contributed by atoms with Crippen LogP contribution >= 0.6 is 15.9 Å². The van der Waals surface area contributed by atoms with Crippen LogP contribution in [0.3, 0.4) is 0 Å². The van der Waals surface area contributed by atoms with Gasteiger partial charge in [0.15, 0.2) is 0 Å². The van der Waals surface area contributed by atoms with Crippen molar-refractivity contribution >= 4 is 15.9 Å². The van der Waals surface area contributed by atoms with E-state index in [9.17, 15) is 0 Å². The smallest absolute Gasteiger partial charge is 0.123 e. The van der Waals surface area contributed by atoms with Crippen LogP contribution in [0.15, 0.2) is 35.1 Å². The Morgan fingerprint density at radius 2 is 2.26 bits per heavy atom. The van der Waals surface area contributed by atoms with Crippen molar-refractivity contribution in [2.45, 2.75) is 26.4 Å². The summed E-state index contributed by atoms with van der Waals surface area (Å²) in [6.07, 6.45) is 4.59. The van der Waals surface area contributed by atoms with Gasteiger partial charge >= 0.3 is 0 Å². The van der Waals surface area contributed by atoms with E-state index in [-0.39, 0.29) is 0 Å². The average molecular weight is 324 g/mol. The van der Waals surface area contributed by atoms with Gasteiger partial charge in [0.25, 0.3) is 0 Å². The van der Waals surface area contributed by atoms with Gasteiger partial charge in [-0.3, -0.25) is 0 Å². The molecule has 5 heteroatoms. The van der Waals surface area contributed by atoms with Crippen molar-refractivity contribution in [1.29, 1.82) is 0 Å². The SMILES string of the molecule is CCCOc1ccc(Br)cc1CNCc1ncc[nH]1. The predicted molar refractivity (Wildman–Crippen MR) is 79.1 cm³/mol. The molecule has 102 valence electrons. The number of nitrogens with one attached hydrogen (secondary N) is 2. The highest BCUT2D eigenvalue weighted by Crippen LogP contribution is 2.23. The first kappa shape index (κ1) is 14.1. The van der Waals surface area contributed by atoms with Crippen LogP contribution in [0.4, 0.5) is 0 Å². The van der Waals surface area contributed by atoms with Crippen LogP contribution < -0.4 is 10.1 Å². The summed E-state index contributed by atoms with van der Waals surface area (Å²) >= 11 is 3.49. The number of benzene rings is 1. The molecular formula is C14H18BrN3O. The third kappa shape index (κ3) is 4.36. The van der Waals surface area contributed by atoms with E-state index in [1.807, 2.05) is 18.3 Å². The molecule has 0 aliphatic carbocycles. The molecule has 0 bridgehead atoms. The van der Waals surface area contributed by atoms with Crippen molar-refractivity contribution in [3.8, 4) is 5.75 Å². The summed E-state index contributed by atoms with van der Waals surface area (Å²) in [7, 11) is 0. The van der Waals surface area contributed by atoms with E-state index in [1.165, 1.54) is 0 Å². The predicted octanol–water partition coefficient (Wildman–Crippen LogP) is 3.25. The van der Waals surface area contributed by atoms with Crippen molar-refractivity contribution in [3.63, 3.8) is 0 Å². The second-order valence-corrected chi connectivity index (χ2v) is 5.16. The van der Waals surface area contributed by atoms with Crippen LogP contribution in [0, 0.1) is 0 Å². The summed E-state index contributed by atoms with van der Waals surface area (Å²) < 4.78 is 6.81. The Bertz CT molecular complexity index is 499. The zero-order valence-corrected chi connectivity index (χ0v) is 12.5. The Morgan fingerprint density at radius 3 is 3.00 bits per heavy atom. The molecule has 2 N–H and O–H groups in total. The molecule has 2 aromatic rings. The maximum Gasteiger partial charge on any atom is 0.123 e. The fourth-order valence-corrected chi connectivity index (χ4v) is 2.16. The quantitative estimate of drug-likeness (QED) is 0.822. The third-order valence-electron chi connectivity index (χ3n) is 2.65. The largest absolute Gasteiger partial charge is 0.493 e. The molecule has 0 spiro atoms. The second kappa shape index (κ2) is 7.31. The van der Waals surface area contributed by atoms with Gasteiger partial charge in [0.2, 0.25) is 0 Å². The van der Waals surface area contributed by atoms with Gasteiger partial charge in [-0.2, -0.15) is 0 Å². The zero-order valence-electron chi connectivity index (χ0n) is 10.9. The lowest BCUT2D eigenvalue weighted by atomic mass is 10.2. The first-order chi connectivity index (χ1) is 9.29. The molecule has 0 fully saturated rings. The lowest BCUT2D eigenvalue weighted by Crippen LogP contribution is -2.14. The molecule has 0 saturated heterocycles. The molecule has 1 heterocycles. The Labute approximate surface area is 121 Å². The van der Waals surface area contributed by atoms with E-state index in [0.29, 0.717) is 6.54 Å². The molecule has 4 nitrogen and oxygen atoms in total. The minimum Gasteiger partial charge on any atom is -0.493 e. The number of nitrogens with zero attached hydrogens (tertiary/aromatic N) is 1. The van der Waals surface area contributed by atoms with E-state index < -0.39 is 0 Å². The number of rotatable bonds is 7. The molecule has 0 amide bonds. The number of aromatic nitrogens is 2. The monoisotopic (exact) mass is 323 g/mol. The molecule has 0 aliphatic heterocycles. The summed E-state index contributed by atoms with van der Waals surface area (Å²) in [5.74, 6) is 1.88. The van der Waals surface area contributed by atoms with Crippen molar-refractivity contribution in [1.82, 2.24) is 15.3 Å². The van der Waals surface area contributed by atoms with E-state index in [4.69, 9.17) is 4.74 Å². The van der Waals surface area contributed by atoms with Crippen molar-refractivity contribution in [2.75, 3.05) is 6.61 Å². The molecule has 1 aromatic carbocycles. The Morgan fingerprint density at radius 1 is 1.37 bits per heavy atom. The summed E-state index contributed by atoms with van der Waals surface area (Å²) in [5, 5.41) is 3.35. The van der Waals surface area contributed by atoms with Crippen LogP contribution in [-0.2, 0) is 13.1 Å². The van der Waals surface area contributed by atoms with E-state index >= 15 is 0 Å². The molecule has 2 rings (SSSR count). The lowest BCUT2D eigenvalue weighted by Gasteiger charge is -2.12. The summed E-state index contributed by atoms with van der Waals surface area (Å²) in [4.78, 5) is 7.25. The highest BCUT2D eigenvalue weighted by Gasteiger charge is 2.05. The van der Waals surface area contributed by atoms with Gasteiger partial charge in [-0.1, -0.05) is 22.9 Å². The van der Waals surface area contributed by atoms with E-state index in [0.717, 1.165) is 41.2 Å². The number of hydrogen-bond donors (Lipinski definition) is 2. The van der Waals surface area contributed by atoms with Crippen molar-refractivity contribution in [3.05, 3.63) is 46.5 Å². The van der Waals surface area contributed by atoms with Crippen LogP contribution in [0.2, 0.25) is 0 Å². The third-order valence-corrected chi connectivity index (χ3v) is 3.14. The summed E-state index contributed by atoms with van der Waals surface area (Å²) in [5.41, 5.74) is 1.15. The van der Waals surface area contributed by atoms with Gasteiger partial charge in [0.05, 0.1) is 13.2 Å². The Kier molecular flexibility index (Phi) is 5.42. The van der Waals surface area contributed by atoms with Gasteiger partial charge in [-0.15, -0.1) is 0 Å². The van der Waals surface area contributed by atoms with Crippen LogP contribution in [0.1, 0.15) is 24.7 Å². The maximum atomic E-state index is 5.74. The number of hydrogen-bond acceptors (Lipinski definition) is 3. The van der Waals surface area contributed by atoms with Crippen LogP contribution in [-0.4, -0.2) is 16.6 Å². The fraction of sp³-hybridized carbons (Fsp3) is 0.357. The van der Waals surface area contributed by atoms with Crippen LogP contribution in [0.5, 0.6) is 5.75 Å². The van der Waals surface area contributed by atoms with Crippen LogP contribution in [0.25, 0.3) is 0 Å². The maximum absolute atomic E-state index is 5.74. The minimum absolute atomic E-state index is 0.715. The number of aromatic amines is 1. The number of H-pyrrole nitrogens is 1. The topological polar surface area (TPSA) is 49.9 Å². The van der Waals surface area contributed by atoms with Gasteiger partial charge in [-0.25, -0.2) is 4.98 Å². The van der Waals surface area contributed by atoms with Crippen molar-refractivity contribution in [2.24, 2.45) is 0 Å². The lowest BCUT2D eigenvalue weighted by molar-refractivity contribution is 0.313. The molecule has 0 atom stereocenters. The van der Waals surface area contributed by atoms with Gasteiger partial charge in [0.1, 0.15) is 11.6 Å². The molecule has 0 unspecified atom stereocenters. The number of imidazole rings is 1. The molecular weight excluding hydrogens is 306 g/mol. The normalized spacial score (nSPS) is 10.6. The highest BCUT2D eigenvalue weighted by atomic mass is 79.9.